The summed E-state index contributed by atoms with van der Waals surface area (Å²) in [5.41, 5.74) is 2.09. The zero-order chi connectivity index (χ0) is 22.2. The number of nitrogens with one attached hydrogen (secondary N) is 3. The first-order valence-corrected chi connectivity index (χ1v) is 10.8. The van der Waals surface area contributed by atoms with E-state index in [0.29, 0.717) is 23.7 Å². The SMILES string of the molecule is O=C1CCC(N2C(=O)c3cccc(CNc4cnn(C5CCNCC5)c4)c3C2=O)C(=O)N1. The van der Waals surface area contributed by atoms with Crippen molar-refractivity contribution >= 4 is 29.3 Å². The molecule has 4 amide bonds. The number of fused-ring (bicyclic) bond motifs is 1. The van der Waals surface area contributed by atoms with Crippen LogP contribution in [0.2, 0.25) is 0 Å². The van der Waals surface area contributed by atoms with Crippen molar-refractivity contribution in [2.45, 2.75) is 44.3 Å². The lowest BCUT2D eigenvalue weighted by Gasteiger charge is -2.27. The minimum absolute atomic E-state index is 0.0965. The largest absolute Gasteiger partial charge is 0.378 e. The Labute approximate surface area is 184 Å². The van der Waals surface area contributed by atoms with Gasteiger partial charge in [-0.05, 0) is 44.0 Å². The van der Waals surface area contributed by atoms with Gasteiger partial charge in [-0.3, -0.25) is 34.1 Å². The summed E-state index contributed by atoms with van der Waals surface area (Å²) < 4.78 is 1.97. The van der Waals surface area contributed by atoms with Gasteiger partial charge in [-0.1, -0.05) is 12.1 Å². The van der Waals surface area contributed by atoms with Crippen molar-refractivity contribution in [1.29, 1.82) is 0 Å². The summed E-state index contributed by atoms with van der Waals surface area (Å²) in [6.07, 6.45) is 6.01. The van der Waals surface area contributed by atoms with Crippen LogP contribution < -0.4 is 16.0 Å². The van der Waals surface area contributed by atoms with Crippen LogP contribution in [-0.2, 0) is 16.1 Å². The van der Waals surface area contributed by atoms with E-state index in [4.69, 9.17) is 0 Å². The van der Waals surface area contributed by atoms with E-state index in [1.807, 2.05) is 10.9 Å². The molecule has 0 saturated carbocycles. The fourth-order valence-electron chi connectivity index (χ4n) is 4.63. The average molecular weight is 436 g/mol. The van der Waals surface area contributed by atoms with E-state index in [2.05, 4.69) is 21.0 Å². The molecule has 10 nitrogen and oxygen atoms in total. The van der Waals surface area contributed by atoms with Crippen molar-refractivity contribution in [1.82, 2.24) is 25.3 Å². The normalized spacial score (nSPS) is 21.6. The molecule has 0 aliphatic carbocycles. The quantitative estimate of drug-likeness (QED) is 0.593. The van der Waals surface area contributed by atoms with E-state index in [0.717, 1.165) is 36.5 Å². The van der Waals surface area contributed by atoms with Crippen LogP contribution in [0.4, 0.5) is 5.69 Å². The highest BCUT2D eigenvalue weighted by Crippen LogP contribution is 2.30. The molecule has 3 N–H and O–H groups in total. The van der Waals surface area contributed by atoms with Crippen molar-refractivity contribution in [2.75, 3.05) is 18.4 Å². The van der Waals surface area contributed by atoms with Crippen LogP contribution in [-0.4, -0.2) is 57.4 Å². The van der Waals surface area contributed by atoms with E-state index in [9.17, 15) is 19.2 Å². The fraction of sp³-hybridized carbons (Fsp3) is 0.409. The molecule has 0 radical (unpaired) electrons. The number of rotatable bonds is 5. The zero-order valence-corrected chi connectivity index (χ0v) is 17.5. The lowest BCUT2D eigenvalue weighted by Crippen LogP contribution is -2.54. The first-order chi connectivity index (χ1) is 15.5. The molecule has 3 aliphatic heterocycles. The molecule has 10 heteroatoms. The molecule has 3 aliphatic rings. The molecule has 2 aromatic rings. The fourth-order valence-corrected chi connectivity index (χ4v) is 4.63. The number of nitrogens with zero attached hydrogens (tertiary/aromatic N) is 3. The Morgan fingerprint density at radius 1 is 1.06 bits per heavy atom. The third kappa shape index (κ3) is 3.56. The smallest absolute Gasteiger partial charge is 0.262 e. The maximum atomic E-state index is 13.2. The van der Waals surface area contributed by atoms with E-state index in [-0.39, 0.29) is 18.4 Å². The van der Waals surface area contributed by atoms with E-state index >= 15 is 0 Å². The van der Waals surface area contributed by atoms with Crippen molar-refractivity contribution in [3.05, 3.63) is 47.3 Å². The second-order valence-corrected chi connectivity index (χ2v) is 8.33. The van der Waals surface area contributed by atoms with Crippen LogP contribution in [0.1, 0.15) is 58.0 Å². The Kier molecular flexibility index (Phi) is 5.22. The maximum Gasteiger partial charge on any atom is 0.262 e. The number of piperidine rings is 2. The van der Waals surface area contributed by atoms with E-state index in [1.165, 1.54) is 0 Å². The molecule has 0 spiro atoms. The van der Waals surface area contributed by atoms with Crippen LogP contribution >= 0.6 is 0 Å². The Hall–Kier alpha value is -3.53. The predicted molar refractivity (Wildman–Crippen MR) is 114 cm³/mol. The standard InChI is InChI=1S/C22H24N6O4/c29-18-5-4-17(20(30)26-18)28-21(31)16-3-1-2-13(19(16)22(28)32)10-24-14-11-25-27(12-14)15-6-8-23-9-7-15/h1-3,11-12,15,17,23-24H,4-10H2,(H,26,29,30). The Morgan fingerprint density at radius 3 is 2.66 bits per heavy atom. The molecule has 2 fully saturated rings. The number of hydrogen-bond acceptors (Lipinski definition) is 7. The average Bonchev–Trinajstić information content (AvgIpc) is 3.37. The third-order valence-electron chi connectivity index (χ3n) is 6.32. The van der Waals surface area contributed by atoms with Gasteiger partial charge in [0.15, 0.2) is 0 Å². The van der Waals surface area contributed by atoms with Gasteiger partial charge in [0.05, 0.1) is 29.1 Å². The van der Waals surface area contributed by atoms with Crippen LogP contribution in [0.5, 0.6) is 0 Å². The highest BCUT2D eigenvalue weighted by molar-refractivity contribution is 6.24. The summed E-state index contributed by atoms with van der Waals surface area (Å²) in [7, 11) is 0. The Balaban J connectivity index is 1.33. The second-order valence-electron chi connectivity index (χ2n) is 8.33. The summed E-state index contributed by atoms with van der Waals surface area (Å²) in [5.74, 6) is -2.00. The maximum absolute atomic E-state index is 13.2. The molecule has 1 aromatic carbocycles. The van der Waals surface area contributed by atoms with Gasteiger partial charge < -0.3 is 10.6 Å². The molecule has 166 valence electrons. The van der Waals surface area contributed by atoms with Crippen molar-refractivity contribution in [3.63, 3.8) is 0 Å². The summed E-state index contributed by atoms with van der Waals surface area (Å²) in [5, 5.41) is 13.3. The van der Waals surface area contributed by atoms with E-state index in [1.54, 1.807) is 24.4 Å². The topological polar surface area (TPSA) is 125 Å². The molecule has 5 rings (SSSR count). The summed E-state index contributed by atoms with van der Waals surface area (Å²) in [6.45, 7) is 2.29. The minimum atomic E-state index is -0.968. The molecular weight excluding hydrogens is 412 g/mol. The van der Waals surface area contributed by atoms with Gasteiger partial charge in [-0.15, -0.1) is 0 Å². The lowest BCUT2D eigenvalue weighted by molar-refractivity contribution is -0.136. The van der Waals surface area contributed by atoms with E-state index < -0.39 is 29.7 Å². The van der Waals surface area contributed by atoms with Crippen LogP contribution in [0.25, 0.3) is 0 Å². The monoisotopic (exact) mass is 436 g/mol. The van der Waals surface area contributed by atoms with Gasteiger partial charge in [-0.25, -0.2) is 0 Å². The van der Waals surface area contributed by atoms with Crippen molar-refractivity contribution in [2.24, 2.45) is 0 Å². The highest BCUT2D eigenvalue weighted by Gasteiger charge is 2.45. The molecule has 1 unspecified atom stereocenters. The number of hydrogen-bond donors (Lipinski definition) is 3. The van der Waals surface area contributed by atoms with Gasteiger partial charge in [0.25, 0.3) is 11.8 Å². The number of benzene rings is 1. The van der Waals surface area contributed by atoms with Crippen LogP contribution in [0.3, 0.4) is 0 Å². The Bertz CT molecular complexity index is 1100. The lowest BCUT2D eigenvalue weighted by atomic mass is 10.0. The van der Waals surface area contributed by atoms with Crippen LogP contribution in [0, 0.1) is 0 Å². The Morgan fingerprint density at radius 2 is 1.88 bits per heavy atom. The second kappa shape index (κ2) is 8.19. The van der Waals surface area contributed by atoms with Crippen molar-refractivity contribution in [3.8, 4) is 0 Å². The molecular formula is C22H24N6O4. The number of carbonyl (C=O) groups excluding carboxylic acids is 4. The third-order valence-corrected chi connectivity index (χ3v) is 6.32. The molecule has 1 aromatic heterocycles. The first-order valence-electron chi connectivity index (χ1n) is 10.8. The van der Waals surface area contributed by atoms with Gasteiger partial charge in [0, 0.05) is 19.2 Å². The predicted octanol–water partition coefficient (Wildman–Crippen LogP) is 0.821. The molecule has 0 bridgehead atoms. The number of imide groups is 2. The molecule has 2 saturated heterocycles. The van der Waals surface area contributed by atoms with Gasteiger partial charge >= 0.3 is 0 Å². The summed E-state index contributed by atoms with van der Waals surface area (Å²) in [6, 6.07) is 4.52. The summed E-state index contributed by atoms with van der Waals surface area (Å²) in [4.78, 5) is 50.8. The van der Waals surface area contributed by atoms with Gasteiger partial charge in [0.1, 0.15) is 6.04 Å². The molecule has 1 atom stereocenters. The molecule has 4 heterocycles. The minimum Gasteiger partial charge on any atom is -0.378 e. The number of carbonyl (C=O) groups is 4. The molecule has 32 heavy (non-hydrogen) atoms. The van der Waals surface area contributed by atoms with Crippen LogP contribution in [0.15, 0.2) is 30.6 Å². The summed E-state index contributed by atoms with van der Waals surface area (Å²) >= 11 is 0. The number of anilines is 1. The highest BCUT2D eigenvalue weighted by atomic mass is 16.2. The van der Waals surface area contributed by atoms with Gasteiger partial charge in [0.2, 0.25) is 11.8 Å². The first kappa shape index (κ1) is 20.4. The zero-order valence-electron chi connectivity index (χ0n) is 17.5. The van der Waals surface area contributed by atoms with Gasteiger partial charge in [-0.2, -0.15) is 5.10 Å². The van der Waals surface area contributed by atoms with Crippen molar-refractivity contribution < 1.29 is 19.2 Å². The number of aromatic nitrogens is 2. The number of amides is 4.